The molecule has 4 heterocycles. The molecule has 0 unspecified atom stereocenters. The molecule has 4 aromatic heterocycles. The molecule has 0 aliphatic rings. The van der Waals surface area contributed by atoms with E-state index in [9.17, 15) is 40.5 Å². The topological polar surface area (TPSA) is 331 Å². The normalized spacial score (nSPS) is 8.48. The van der Waals surface area contributed by atoms with Gasteiger partial charge in [-0.2, -0.15) is 23.9 Å². The van der Waals surface area contributed by atoms with Crippen LogP contribution in [-0.2, 0) is 47.4 Å². The molecule has 4 rings (SSSR count). The van der Waals surface area contributed by atoms with Crippen LogP contribution in [-0.4, -0.2) is 85.3 Å². The molecule has 0 aliphatic carbocycles. The molecule has 0 N–H and O–H groups in total. The Kier molecular flexibility index (Phi) is 24.8. The zero-order valence-electron chi connectivity index (χ0n) is 26.4. The van der Waals surface area contributed by atoms with Gasteiger partial charge in [0.15, 0.2) is 0 Å². The summed E-state index contributed by atoms with van der Waals surface area (Å²) in [4.78, 5) is 71.1. The standard InChI is InChI=1S/2C5H7N3O3.2C5H7N3O2.2CO2.2CH4/c1-7-5(8(9)10)3-4(6-7)11-2;1-7-5(11-2)3-4(6-7)8(9)10;1-4-3-5(8(9)10)6-7(4)2;1-4-3-5(8(9)10)7(2)6-4;2*2-1-3;;/h2*3H,1-2H3;2*3H,1-2H3;;;2*1H4. The van der Waals surface area contributed by atoms with Crippen molar-refractivity contribution in [2.24, 2.45) is 28.2 Å². The molecule has 0 amide bonds. The van der Waals surface area contributed by atoms with Gasteiger partial charge in [-0.3, -0.25) is 0 Å². The fraction of sp³-hybridized carbons (Fsp3) is 0.417. The monoisotopic (exact) mass is 716 g/mol. The first-order chi connectivity index (χ1) is 22.3. The van der Waals surface area contributed by atoms with Gasteiger partial charge < -0.3 is 49.9 Å². The van der Waals surface area contributed by atoms with E-state index in [4.69, 9.17) is 23.9 Å². The number of nitro groups is 4. The van der Waals surface area contributed by atoms with E-state index in [-0.39, 0.29) is 56.3 Å². The number of hydrogen-bond acceptors (Lipinski definition) is 18. The van der Waals surface area contributed by atoms with Crippen molar-refractivity contribution < 1.29 is 48.3 Å². The zero-order valence-corrected chi connectivity index (χ0v) is 26.4. The van der Waals surface area contributed by atoms with Gasteiger partial charge in [-0.05, 0) is 38.6 Å². The summed E-state index contributed by atoms with van der Waals surface area (Å²) < 4.78 is 14.6. The lowest BCUT2D eigenvalue weighted by Gasteiger charge is -1.91. The van der Waals surface area contributed by atoms with E-state index in [1.807, 2.05) is 0 Å². The highest BCUT2D eigenvalue weighted by Gasteiger charge is 2.16. The van der Waals surface area contributed by atoms with Gasteiger partial charge in [0.25, 0.3) is 5.88 Å². The Morgan fingerprint density at radius 2 is 0.980 bits per heavy atom. The maximum Gasteiger partial charge on any atom is 0.393 e. The molecular weight excluding hydrogens is 680 g/mol. The van der Waals surface area contributed by atoms with Crippen LogP contribution in [0.15, 0.2) is 24.3 Å². The minimum atomic E-state index is -0.567. The zero-order chi connectivity index (χ0) is 37.7. The third-order valence-electron chi connectivity index (χ3n) is 4.90. The number of hydrogen-bond donors (Lipinski definition) is 0. The minimum absolute atomic E-state index is 0. The SMILES string of the molecule is C.C.COc1cc([N+](=O)[O-])n(C)n1.COc1cc([N+](=O)[O-])nn1C.Cc1cc([N+](=O)[O-])n(C)n1.Cc1cc([N+](=O)[O-])nn1C.O=C=O.O=C=O. The average Bonchev–Trinajstić information content (AvgIpc) is 3.76. The molecule has 4 aromatic rings. The second kappa shape index (κ2) is 25.0. The van der Waals surface area contributed by atoms with Crippen LogP contribution in [0.4, 0.5) is 23.3 Å². The van der Waals surface area contributed by atoms with Crippen LogP contribution in [0.2, 0.25) is 0 Å². The molecule has 0 atom stereocenters. The van der Waals surface area contributed by atoms with Crippen molar-refractivity contribution in [2.45, 2.75) is 28.7 Å². The molecule has 0 fully saturated rings. The summed E-state index contributed by atoms with van der Waals surface area (Å²) in [6.07, 6.45) is 0.500. The van der Waals surface area contributed by atoms with E-state index >= 15 is 0 Å². The highest BCUT2D eigenvalue weighted by molar-refractivity contribution is 5.27. The predicted molar refractivity (Wildman–Crippen MR) is 166 cm³/mol. The Bertz CT molecular complexity index is 1710. The van der Waals surface area contributed by atoms with E-state index in [1.54, 1.807) is 35.0 Å². The highest BCUT2D eigenvalue weighted by atomic mass is 16.6. The molecule has 0 aliphatic heterocycles. The molecule has 0 spiro atoms. The fourth-order valence-electron chi connectivity index (χ4n) is 2.82. The van der Waals surface area contributed by atoms with Crippen molar-refractivity contribution >= 4 is 35.6 Å². The smallest absolute Gasteiger partial charge is 0.393 e. The highest BCUT2D eigenvalue weighted by Crippen LogP contribution is 2.17. The quantitative estimate of drug-likeness (QED) is 0.203. The van der Waals surface area contributed by atoms with Crippen molar-refractivity contribution in [3.63, 3.8) is 0 Å². The van der Waals surface area contributed by atoms with Gasteiger partial charge in [-0.25, -0.2) is 0 Å². The van der Waals surface area contributed by atoms with Crippen molar-refractivity contribution in [3.05, 3.63) is 76.1 Å². The molecular formula is C24H36N12O14. The van der Waals surface area contributed by atoms with Gasteiger partial charge >= 0.3 is 35.6 Å². The van der Waals surface area contributed by atoms with Crippen LogP contribution < -0.4 is 9.47 Å². The lowest BCUT2D eigenvalue weighted by atomic mass is 10.5. The lowest BCUT2D eigenvalue weighted by Crippen LogP contribution is -1.97. The first-order valence-electron chi connectivity index (χ1n) is 12.1. The van der Waals surface area contributed by atoms with Gasteiger partial charge in [0.2, 0.25) is 5.88 Å². The van der Waals surface area contributed by atoms with Crippen LogP contribution in [0.3, 0.4) is 0 Å². The summed E-state index contributed by atoms with van der Waals surface area (Å²) in [7, 11) is 9.12. The molecule has 50 heavy (non-hydrogen) atoms. The Hall–Kier alpha value is -7.20. The molecule has 0 aromatic carbocycles. The number of rotatable bonds is 6. The first-order valence-corrected chi connectivity index (χ1v) is 12.1. The fourth-order valence-corrected chi connectivity index (χ4v) is 2.82. The van der Waals surface area contributed by atoms with Crippen molar-refractivity contribution in [3.8, 4) is 11.8 Å². The van der Waals surface area contributed by atoms with Crippen LogP contribution >= 0.6 is 0 Å². The van der Waals surface area contributed by atoms with Crippen molar-refractivity contribution in [2.75, 3.05) is 14.2 Å². The van der Waals surface area contributed by atoms with E-state index in [0.717, 1.165) is 10.4 Å². The number of ether oxygens (including phenoxy) is 2. The maximum absolute atomic E-state index is 10.2. The minimum Gasteiger partial charge on any atom is -0.480 e. The van der Waals surface area contributed by atoms with Gasteiger partial charge in [0.1, 0.15) is 20.2 Å². The molecule has 0 saturated heterocycles. The Morgan fingerprint density at radius 3 is 1.18 bits per heavy atom. The van der Waals surface area contributed by atoms with Crippen LogP contribution in [0.25, 0.3) is 0 Å². The number of carbonyl (C=O) groups excluding carboxylic acids is 4. The number of methoxy groups -OCH3 is 2. The van der Waals surface area contributed by atoms with Crippen LogP contribution in [0.1, 0.15) is 26.2 Å². The summed E-state index contributed by atoms with van der Waals surface area (Å²) >= 11 is 0. The summed E-state index contributed by atoms with van der Waals surface area (Å²) in [5.74, 6) is 0.264. The summed E-state index contributed by atoms with van der Waals surface area (Å²) in [5.41, 5.74) is 1.45. The van der Waals surface area contributed by atoms with Crippen LogP contribution in [0, 0.1) is 54.3 Å². The van der Waals surface area contributed by atoms with Gasteiger partial charge in [-0.1, -0.05) is 20.0 Å². The Labute approximate surface area is 282 Å². The van der Waals surface area contributed by atoms with Crippen LogP contribution in [0.5, 0.6) is 11.8 Å². The van der Waals surface area contributed by atoms with E-state index in [0.29, 0.717) is 11.6 Å². The number of aromatic nitrogens is 8. The summed E-state index contributed by atoms with van der Waals surface area (Å²) in [6, 6.07) is 5.39. The summed E-state index contributed by atoms with van der Waals surface area (Å²) in [6.45, 7) is 3.48. The molecule has 0 saturated carbocycles. The largest absolute Gasteiger partial charge is 0.480 e. The number of aryl methyl sites for hydroxylation is 6. The predicted octanol–water partition coefficient (Wildman–Crippen LogP) is 2.05. The third kappa shape index (κ3) is 17.5. The van der Waals surface area contributed by atoms with Gasteiger partial charge in [0, 0.05) is 0 Å². The molecule has 0 bridgehead atoms. The molecule has 0 radical (unpaired) electrons. The van der Waals surface area contributed by atoms with Gasteiger partial charge in [-0.15, -0.1) is 14.0 Å². The van der Waals surface area contributed by atoms with Gasteiger partial charge in [0.05, 0.1) is 68.1 Å². The summed E-state index contributed by atoms with van der Waals surface area (Å²) in [5, 5.41) is 55.4. The third-order valence-corrected chi connectivity index (χ3v) is 4.90. The Morgan fingerprint density at radius 1 is 0.580 bits per heavy atom. The lowest BCUT2D eigenvalue weighted by molar-refractivity contribution is -0.392. The van der Waals surface area contributed by atoms with E-state index < -0.39 is 19.7 Å². The number of nitrogens with zero attached hydrogens (tertiary/aromatic N) is 12. The second-order valence-corrected chi connectivity index (χ2v) is 8.07. The van der Waals surface area contributed by atoms with E-state index in [2.05, 4.69) is 25.1 Å². The first kappa shape index (κ1) is 49.7. The van der Waals surface area contributed by atoms with E-state index in [1.165, 1.54) is 59.6 Å². The Balaban J connectivity index is -0.000000264. The molecule has 26 heteroatoms. The average molecular weight is 717 g/mol. The molecule has 26 nitrogen and oxygen atoms in total. The second-order valence-electron chi connectivity index (χ2n) is 8.07. The maximum atomic E-state index is 10.2. The molecule has 276 valence electrons. The van der Waals surface area contributed by atoms with Crippen molar-refractivity contribution in [1.29, 1.82) is 0 Å². The van der Waals surface area contributed by atoms with Crippen molar-refractivity contribution in [1.82, 2.24) is 39.1 Å².